The number of nitrogens with one attached hydrogen (secondary N) is 3. The van der Waals surface area contributed by atoms with Crippen molar-refractivity contribution in [3.8, 4) is 0 Å². The van der Waals surface area contributed by atoms with Crippen molar-refractivity contribution in [2.24, 2.45) is 4.99 Å². The highest BCUT2D eigenvalue weighted by atomic mass is 35.5. The Bertz CT molecular complexity index is 1360. The van der Waals surface area contributed by atoms with Gasteiger partial charge in [-0.25, -0.2) is 9.79 Å². The van der Waals surface area contributed by atoms with E-state index < -0.39 is 18.1 Å². The smallest absolute Gasteiger partial charge is 0.308 e. The molecule has 0 radical (unpaired) electrons. The number of nitrogens with zero attached hydrogens (tertiary/aromatic N) is 2. The van der Waals surface area contributed by atoms with Crippen LogP contribution in [0.1, 0.15) is 29.5 Å². The molecule has 3 aromatic carbocycles. The van der Waals surface area contributed by atoms with Gasteiger partial charge in [0.1, 0.15) is 0 Å². The number of urea groups is 1. The summed E-state index contributed by atoms with van der Waals surface area (Å²) in [6.45, 7) is 2.61. The second kappa shape index (κ2) is 12.0. The molecule has 1 saturated heterocycles. The number of Topliss-reactive ketones (excluding diaryl/α,β-unsaturated/α-hetero) is 1. The fourth-order valence-electron chi connectivity index (χ4n) is 4.75. The van der Waals surface area contributed by atoms with Crippen LogP contribution >= 0.6 is 12.4 Å². The molecule has 0 saturated carbocycles. The van der Waals surface area contributed by atoms with Crippen molar-refractivity contribution in [3.63, 3.8) is 0 Å². The number of benzene rings is 3. The molecule has 0 aliphatic carbocycles. The Morgan fingerprint density at radius 1 is 1.03 bits per heavy atom. The second-order valence-electron chi connectivity index (χ2n) is 9.27. The molecule has 2 aliphatic heterocycles. The molecular formula is C29H30ClN5O3. The molecule has 2 heterocycles. The van der Waals surface area contributed by atoms with Crippen molar-refractivity contribution in [1.82, 2.24) is 10.6 Å². The number of carbonyl (C=O) groups excluding carboxylic acids is 3. The van der Waals surface area contributed by atoms with Crippen LogP contribution in [-0.4, -0.2) is 48.7 Å². The van der Waals surface area contributed by atoms with Gasteiger partial charge in [0.15, 0.2) is 5.78 Å². The normalized spacial score (nSPS) is 18.5. The largest absolute Gasteiger partial charge is 0.321 e. The lowest BCUT2D eigenvalue weighted by Crippen LogP contribution is -2.51. The Morgan fingerprint density at radius 2 is 1.79 bits per heavy atom. The van der Waals surface area contributed by atoms with Gasteiger partial charge in [0.25, 0.3) is 5.91 Å². The predicted octanol–water partition coefficient (Wildman–Crippen LogP) is 4.07. The minimum Gasteiger partial charge on any atom is -0.308 e. The van der Waals surface area contributed by atoms with Gasteiger partial charge in [-0.1, -0.05) is 60.7 Å². The van der Waals surface area contributed by atoms with Gasteiger partial charge in [0.2, 0.25) is 6.17 Å². The fourth-order valence-corrected chi connectivity index (χ4v) is 4.75. The molecule has 3 aromatic rings. The maximum absolute atomic E-state index is 13.9. The second-order valence-corrected chi connectivity index (χ2v) is 9.27. The van der Waals surface area contributed by atoms with E-state index in [0.717, 1.165) is 36.1 Å². The number of benzodiazepines with no additional fused rings is 1. The number of carbonyl (C=O) groups is 3. The van der Waals surface area contributed by atoms with Crippen LogP contribution in [0.4, 0.5) is 16.2 Å². The maximum Gasteiger partial charge on any atom is 0.321 e. The number of anilines is 2. The van der Waals surface area contributed by atoms with Gasteiger partial charge in [-0.15, -0.1) is 12.4 Å². The zero-order chi connectivity index (χ0) is 25.8. The van der Waals surface area contributed by atoms with Gasteiger partial charge in [-0.2, -0.15) is 0 Å². The molecule has 1 fully saturated rings. The van der Waals surface area contributed by atoms with Gasteiger partial charge in [0, 0.05) is 16.8 Å². The SMILES string of the molecule is Cc1cccc(NC(=O)N[C@@H]2N=C(c3ccccc3)c3ccccc3N(CC(=O)[C@@H]3CCCN3)C2=O)c1.Cl. The monoisotopic (exact) mass is 531 g/mol. The summed E-state index contributed by atoms with van der Waals surface area (Å²) < 4.78 is 0. The van der Waals surface area contributed by atoms with E-state index >= 15 is 0 Å². The minimum absolute atomic E-state index is 0. The van der Waals surface area contributed by atoms with Crippen molar-refractivity contribution >= 4 is 47.2 Å². The highest BCUT2D eigenvalue weighted by Crippen LogP contribution is 2.28. The summed E-state index contributed by atoms with van der Waals surface area (Å²) >= 11 is 0. The first-order chi connectivity index (χ1) is 18.0. The Morgan fingerprint density at radius 3 is 2.53 bits per heavy atom. The highest BCUT2D eigenvalue weighted by Gasteiger charge is 2.35. The third kappa shape index (κ3) is 5.93. The molecule has 2 aliphatic rings. The highest BCUT2D eigenvalue weighted by molar-refractivity contribution is 6.21. The number of rotatable bonds is 6. The summed E-state index contributed by atoms with van der Waals surface area (Å²) in [5.74, 6) is -0.532. The number of fused-ring (bicyclic) bond motifs is 1. The van der Waals surface area contributed by atoms with Gasteiger partial charge in [-0.05, 0) is 50.1 Å². The van der Waals surface area contributed by atoms with Gasteiger partial charge in [-0.3, -0.25) is 9.59 Å². The topological polar surface area (TPSA) is 103 Å². The van der Waals surface area contributed by atoms with Crippen molar-refractivity contribution in [2.75, 3.05) is 23.3 Å². The molecule has 3 amide bonds. The van der Waals surface area contributed by atoms with E-state index in [9.17, 15) is 14.4 Å². The van der Waals surface area contributed by atoms with Crippen LogP contribution in [0, 0.1) is 6.92 Å². The molecular weight excluding hydrogens is 502 g/mol. The van der Waals surface area contributed by atoms with Crippen LogP contribution in [0.15, 0.2) is 83.9 Å². The van der Waals surface area contributed by atoms with Gasteiger partial charge >= 0.3 is 6.03 Å². The van der Waals surface area contributed by atoms with Gasteiger partial charge in [0.05, 0.1) is 24.0 Å². The van der Waals surface area contributed by atoms with Gasteiger partial charge < -0.3 is 20.9 Å². The molecule has 196 valence electrons. The van der Waals surface area contributed by atoms with E-state index in [1.807, 2.05) is 79.7 Å². The minimum atomic E-state index is -1.23. The first-order valence-electron chi connectivity index (χ1n) is 12.4. The zero-order valence-corrected chi connectivity index (χ0v) is 21.8. The van der Waals surface area contributed by atoms with Crippen LogP contribution < -0.4 is 20.9 Å². The Balaban J connectivity index is 0.00000336. The lowest BCUT2D eigenvalue weighted by atomic mass is 10.00. The molecule has 5 rings (SSSR count). The average Bonchev–Trinajstić information content (AvgIpc) is 3.42. The number of aryl methyl sites for hydroxylation is 1. The summed E-state index contributed by atoms with van der Waals surface area (Å²) in [4.78, 5) is 46.2. The Kier molecular flexibility index (Phi) is 8.55. The van der Waals surface area contributed by atoms with Crippen molar-refractivity contribution in [2.45, 2.75) is 32.0 Å². The molecule has 0 aromatic heterocycles. The lowest BCUT2D eigenvalue weighted by molar-refractivity contribution is -0.124. The van der Waals surface area contributed by atoms with E-state index in [-0.39, 0.29) is 30.8 Å². The number of hydrogen-bond donors (Lipinski definition) is 3. The quantitative estimate of drug-likeness (QED) is 0.446. The van der Waals surface area contributed by atoms with Crippen LogP contribution in [0.25, 0.3) is 0 Å². The molecule has 0 bridgehead atoms. The lowest BCUT2D eigenvalue weighted by Gasteiger charge is -2.26. The number of para-hydroxylation sites is 1. The molecule has 8 nitrogen and oxygen atoms in total. The number of halogens is 1. The maximum atomic E-state index is 13.9. The van der Waals surface area contributed by atoms with Crippen molar-refractivity contribution in [3.05, 3.63) is 95.6 Å². The first-order valence-corrected chi connectivity index (χ1v) is 12.4. The van der Waals surface area contributed by atoms with Crippen LogP contribution in [0.5, 0.6) is 0 Å². The standard InChI is InChI=1S/C29H29N5O3.ClH/c1-19-9-7-12-21(17-19)31-29(37)33-27-28(36)34(18-25(35)23-14-8-16-30-23)24-15-6-5-13-22(24)26(32-27)20-10-3-2-4-11-20;/h2-7,9-13,15,17,23,27,30H,8,14,16,18H2,1H3,(H2,31,33,37);1H/t23-,27-;/m0./s1. The van der Waals surface area contributed by atoms with E-state index in [1.54, 1.807) is 6.07 Å². The fraction of sp³-hybridized carbons (Fsp3) is 0.241. The van der Waals surface area contributed by atoms with Crippen LogP contribution in [0.2, 0.25) is 0 Å². The molecule has 38 heavy (non-hydrogen) atoms. The molecule has 0 unspecified atom stereocenters. The van der Waals surface area contributed by atoms with E-state index in [0.29, 0.717) is 17.1 Å². The number of amides is 3. The van der Waals surface area contributed by atoms with E-state index in [1.165, 1.54) is 4.90 Å². The third-order valence-corrected chi connectivity index (χ3v) is 6.56. The Labute approximate surface area is 227 Å². The molecule has 0 spiro atoms. The number of ketones is 1. The summed E-state index contributed by atoms with van der Waals surface area (Å²) in [5, 5.41) is 8.72. The average molecular weight is 532 g/mol. The Hall–Kier alpha value is -4.01. The number of hydrogen-bond acceptors (Lipinski definition) is 5. The number of aliphatic imine (C=N–C) groups is 1. The summed E-state index contributed by atoms with van der Waals surface area (Å²) in [5.41, 5.74) is 4.28. The first kappa shape index (κ1) is 27.0. The summed E-state index contributed by atoms with van der Waals surface area (Å²) in [6, 6.07) is 23.5. The van der Waals surface area contributed by atoms with Crippen LogP contribution in [0.3, 0.4) is 0 Å². The predicted molar refractivity (Wildman–Crippen MR) is 151 cm³/mol. The molecule has 3 N–H and O–H groups in total. The summed E-state index contributed by atoms with van der Waals surface area (Å²) in [7, 11) is 0. The van der Waals surface area contributed by atoms with E-state index in [4.69, 9.17) is 4.99 Å². The van der Waals surface area contributed by atoms with Crippen molar-refractivity contribution in [1.29, 1.82) is 0 Å². The zero-order valence-electron chi connectivity index (χ0n) is 21.0. The molecule has 9 heteroatoms. The summed E-state index contributed by atoms with van der Waals surface area (Å²) in [6.07, 6.45) is 0.442. The van der Waals surface area contributed by atoms with E-state index in [2.05, 4.69) is 16.0 Å². The third-order valence-electron chi connectivity index (χ3n) is 6.56. The van der Waals surface area contributed by atoms with Crippen LogP contribution in [-0.2, 0) is 9.59 Å². The van der Waals surface area contributed by atoms with Crippen molar-refractivity contribution < 1.29 is 14.4 Å². The molecule has 2 atom stereocenters.